The highest BCUT2D eigenvalue weighted by Crippen LogP contribution is 2.33. The van der Waals surface area contributed by atoms with E-state index in [0.717, 1.165) is 22.5 Å². The maximum absolute atomic E-state index is 11.5. The first-order valence-electron chi connectivity index (χ1n) is 7.15. The Morgan fingerprint density at radius 1 is 0.913 bits per heavy atom. The highest BCUT2D eigenvalue weighted by atomic mass is 16.5. The maximum atomic E-state index is 11.5. The zero-order chi connectivity index (χ0) is 17.0. The monoisotopic (exact) mass is 316 g/mol. The van der Waals surface area contributed by atoms with Crippen molar-refractivity contribution >= 4 is 23.3 Å². The van der Waals surface area contributed by atoms with Gasteiger partial charge in [-0.2, -0.15) is 0 Å². The van der Waals surface area contributed by atoms with Crippen LogP contribution in [0.1, 0.15) is 17.5 Å². The molecule has 6 nitrogen and oxygen atoms in total. The molecule has 0 radical (unpaired) electrons. The third kappa shape index (κ3) is 4.12. The normalized spacial score (nSPS) is 16.9. The molecule has 1 aliphatic rings. The van der Waals surface area contributed by atoms with Gasteiger partial charge in [0.15, 0.2) is 0 Å². The van der Waals surface area contributed by atoms with Gasteiger partial charge in [-0.05, 0) is 37.1 Å². The van der Waals surface area contributed by atoms with Crippen molar-refractivity contribution < 1.29 is 19.1 Å². The molecule has 1 aromatic rings. The Morgan fingerprint density at radius 2 is 1.30 bits per heavy atom. The number of carbonyl (C=O) groups excluding carboxylic acids is 2. The molecule has 0 fully saturated rings. The van der Waals surface area contributed by atoms with Gasteiger partial charge in [-0.3, -0.25) is 0 Å². The summed E-state index contributed by atoms with van der Waals surface area (Å²) in [5, 5.41) is 6.44. The number of esters is 2. The molecule has 2 N–H and O–H groups in total. The summed E-state index contributed by atoms with van der Waals surface area (Å²) in [6, 6.07) is 3.98. The molecule has 1 aliphatic heterocycles. The van der Waals surface area contributed by atoms with Crippen LogP contribution in [0, 0.1) is 13.8 Å². The lowest BCUT2D eigenvalue weighted by molar-refractivity contribution is -0.135. The van der Waals surface area contributed by atoms with Crippen molar-refractivity contribution in [2.75, 3.05) is 24.9 Å². The Labute approximate surface area is 135 Å². The van der Waals surface area contributed by atoms with E-state index in [0.29, 0.717) is 17.8 Å². The molecule has 1 heterocycles. The number of methoxy groups -OCH3 is 2. The molecule has 0 saturated carbocycles. The number of rotatable bonds is 2. The largest absolute Gasteiger partial charge is 0.466 e. The number of nitrogens with one attached hydrogen (secondary N) is 2. The van der Waals surface area contributed by atoms with E-state index in [-0.39, 0.29) is 0 Å². The molecular weight excluding hydrogens is 296 g/mol. The first-order chi connectivity index (χ1) is 10.9. The average molecular weight is 316 g/mol. The van der Waals surface area contributed by atoms with Crippen LogP contribution in [0.4, 0.5) is 11.4 Å². The standard InChI is InChI=1S/C17H20N2O4/c1-10-5-14-15(6-11(10)2)19-13(9-17(21)23-4)7-12(18-14)8-16(20)22-3/h5-6,8-9,18-19H,7H2,1-4H3/b12-8-,13-9-. The minimum Gasteiger partial charge on any atom is -0.466 e. The van der Waals surface area contributed by atoms with Gasteiger partial charge >= 0.3 is 11.9 Å². The van der Waals surface area contributed by atoms with Gasteiger partial charge < -0.3 is 20.1 Å². The summed E-state index contributed by atoms with van der Waals surface area (Å²) >= 11 is 0. The second-order valence-corrected chi connectivity index (χ2v) is 5.29. The fraction of sp³-hybridized carbons (Fsp3) is 0.294. The van der Waals surface area contributed by atoms with E-state index in [1.165, 1.54) is 26.4 Å². The molecule has 0 amide bonds. The number of anilines is 2. The van der Waals surface area contributed by atoms with Gasteiger partial charge in [-0.25, -0.2) is 9.59 Å². The number of ether oxygens (including phenoxy) is 2. The van der Waals surface area contributed by atoms with Crippen molar-refractivity contribution in [3.05, 3.63) is 46.8 Å². The smallest absolute Gasteiger partial charge is 0.332 e. The van der Waals surface area contributed by atoms with Crippen LogP contribution in [0.2, 0.25) is 0 Å². The Morgan fingerprint density at radius 3 is 1.65 bits per heavy atom. The first-order valence-corrected chi connectivity index (χ1v) is 7.15. The molecule has 2 rings (SSSR count). The van der Waals surface area contributed by atoms with Crippen molar-refractivity contribution in [2.45, 2.75) is 20.3 Å². The lowest BCUT2D eigenvalue weighted by Crippen LogP contribution is -2.06. The minimum absolute atomic E-state index is 0.344. The Kier molecular flexibility index (Phi) is 5.05. The van der Waals surface area contributed by atoms with E-state index >= 15 is 0 Å². The Bertz CT molecular complexity index is 646. The number of fused-ring (bicyclic) bond motifs is 1. The Balaban J connectivity index is 2.48. The van der Waals surface area contributed by atoms with Crippen LogP contribution in [-0.4, -0.2) is 26.2 Å². The van der Waals surface area contributed by atoms with Crippen LogP contribution in [0.5, 0.6) is 0 Å². The number of aryl methyl sites for hydroxylation is 2. The molecule has 0 aliphatic carbocycles. The van der Waals surface area contributed by atoms with Gasteiger partial charge in [0.25, 0.3) is 0 Å². The molecule has 122 valence electrons. The molecule has 6 heteroatoms. The van der Waals surface area contributed by atoms with E-state index in [4.69, 9.17) is 0 Å². The predicted octanol–water partition coefficient (Wildman–Crippen LogP) is 2.64. The van der Waals surface area contributed by atoms with Crippen LogP contribution in [0.15, 0.2) is 35.7 Å². The predicted molar refractivity (Wildman–Crippen MR) is 88.0 cm³/mol. The third-order valence-corrected chi connectivity index (χ3v) is 3.59. The molecule has 0 bridgehead atoms. The van der Waals surface area contributed by atoms with Crippen LogP contribution >= 0.6 is 0 Å². The van der Waals surface area contributed by atoms with E-state index in [1.807, 2.05) is 26.0 Å². The Hall–Kier alpha value is -2.76. The summed E-state index contributed by atoms with van der Waals surface area (Å²) in [7, 11) is 2.64. The van der Waals surface area contributed by atoms with Crippen LogP contribution in [0.25, 0.3) is 0 Å². The van der Waals surface area contributed by atoms with Gasteiger partial charge in [-0.15, -0.1) is 0 Å². The van der Waals surface area contributed by atoms with E-state index in [9.17, 15) is 9.59 Å². The lowest BCUT2D eigenvalue weighted by atomic mass is 10.1. The average Bonchev–Trinajstić information content (AvgIpc) is 2.66. The van der Waals surface area contributed by atoms with Gasteiger partial charge in [0.05, 0.1) is 25.6 Å². The zero-order valence-electron chi connectivity index (χ0n) is 13.6. The number of hydrogen-bond donors (Lipinski definition) is 2. The molecule has 1 aromatic carbocycles. The second-order valence-electron chi connectivity index (χ2n) is 5.29. The molecule has 23 heavy (non-hydrogen) atoms. The molecular formula is C17H20N2O4. The van der Waals surface area contributed by atoms with E-state index in [2.05, 4.69) is 20.1 Å². The first kappa shape index (κ1) is 16.6. The number of hydrogen-bond acceptors (Lipinski definition) is 6. The van der Waals surface area contributed by atoms with Gasteiger partial charge in [0.1, 0.15) is 0 Å². The molecule has 0 unspecified atom stereocenters. The van der Waals surface area contributed by atoms with Crippen molar-refractivity contribution in [3.8, 4) is 0 Å². The number of carbonyl (C=O) groups is 2. The summed E-state index contributed by atoms with van der Waals surface area (Å²) in [6.07, 6.45) is 3.09. The van der Waals surface area contributed by atoms with E-state index < -0.39 is 11.9 Å². The zero-order valence-corrected chi connectivity index (χ0v) is 13.6. The van der Waals surface area contributed by atoms with Crippen molar-refractivity contribution in [1.82, 2.24) is 0 Å². The van der Waals surface area contributed by atoms with Gasteiger partial charge in [0, 0.05) is 30.0 Å². The fourth-order valence-corrected chi connectivity index (χ4v) is 2.24. The summed E-state index contributed by atoms with van der Waals surface area (Å²) in [5.41, 5.74) is 5.16. The SMILES string of the molecule is COC(=O)/C=C1/C/C(=C/C(=O)OC)Nc2cc(C)c(C)cc2N1. The molecule has 0 atom stereocenters. The minimum atomic E-state index is -0.461. The summed E-state index contributed by atoms with van der Waals surface area (Å²) < 4.78 is 9.35. The topological polar surface area (TPSA) is 76.7 Å². The van der Waals surface area contributed by atoms with Crippen LogP contribution in [0.3, 0.4) is 0 Å². The summed E-state index contributed by atoms with van der Waals surface area (Å²) in [6.45, 7) is 4.02. The van der Waals surface area contributed by atoms with Gasteiger partial charge in [-0.1, -0.05) is 0 Å². The highest BCUT2D eigenvalue weighted by molar-refractivity contribution is 5.87. The second kappa shape index (κ2) is 7.00. The molecule has 0 saturated heterocycles. The quantitative estimate of drug-likeness (QED) is 0.645. The molecule has 0 spiro atoms. The lowest BCUT2D eigenvalue weighted by Gasteiger charge is -2.12. The van der Waals surface area contributed by atoms with E-state index in [1.54, 1.807) is 0 Å². The fourth-order valence-electron chi connectivity index (χ4n) is 2.24. The summed E-state index contributed by atoms with van der Waals surface area (Å²) in [4.78, 5) is 23.1. The van der Waals surface area contributed by atoms with Crippen LogP contribution in [-0.2, 0) is 19.1 Å². The molecule has 0 aromatic heterocycles. The van der Waals surface area contributed by atoms with Gasteiger partial charge in [0.2, 0.25) is 0 Å². The van der Waals surface area contributed by atoms with Crippen molar-refractivity contribution in [3.63, 3.8) is 0 Å². The number of benzene rings is 1. The van der Waals surface area contributed by atoms with Crippen molar-refractivity contribution in [2.24, 2.45) is 0 Å². The van der Waals surface area contributed by atoms with Crippen molar-refractivity contribution in [1.29, 1.82) is 0 Å². The summed E-state index contributed by atoms with van der Waals surface area (Å²) in [5.74, 6) is -0.922. The maximum Gasteiger partial charge on any atom is 0.332 e. The van der Waals surface area contributed by atoms with Crippen LogP contribution < -0.4 is 10.6 Å². The third-order valence-electron chi connectivity index (χ3n) is 3.59. The highest BCUT2D eigenvalue weighted by Gasteiger charge is 2.17.